The molecule has 45 heavy (non-hydrogen) atoms. The molecule has 4 aromatic carbocycles. The van der Waals surface area contributed by atoms with Crippen molar-refractivity contribution in [1.29, 1.82) is 0 Å². The quantitative estimate of drug-likeness (QED) is 0.162. The third-order valence-corrected chi connectivity index (χ3v) is 9.73. The van der Waals surface area contributed by atoms with Gasteiger partial charge in [-0.2, -0.15) is 0 Å². The number of amides is 2. The molecule has 10 heteroatoms. The largest absolute Gasteiger partial charge is 0.354 e. The highest BCUT2D eigenvalue weighted by Crippen LogP contribution is 2.27. The van der Waals surface area contributed by atoms with Crippen LogP contribution in [0.2, 0.25) is 5.02 Å². The van der Waals surface area contributed by atoms with Crippen LogP contribution in [-0.4, -0.2) is 44.3 Å². The van der Waals surface area contributed by atoms with Gasteiger partial charge in [-0.3, -0.25) is 13.9 Å². The van der Waals surface area contributed by atoms with E-state index in [0.29, 0.717) is 11.6 Å². The zero-order valence-electron chi connectivity index (χ0n) is 25.5. The average Bonchev–Trinajstić information content (AvgIpc) is 3.01. The van der Waals surface area contributed by atoms with Crippen LogP contribution >= 0.6 is 27.5 Å². The number of nitrogens with one attached hydrogen (secondary N) is 1. The second-order valence-corrected chi connectivity index (χ2v) is 14.5. The van der Waals surface area contributed by atoms with Gasteiger partial charge < -0.3 is 10.2 Å². The molecule has 1 N–H and O–H groups in total. The van der Waals surface area contributed by atoms with Crippen molar-refractivity contribution in [3.05, 3.63) is 129 Å². The first-order valence-electron chi connectivity index (χ1n) is 14.6. The Kier molecular flexibility index (Phi) is 11.8. The molecule has 7 nitrogen and oxygen atoms in total. The smallest absolute Gasteiger partial charge is 0.264 e. The summed E-state index contributed by atoms with van der Waals surface area (Å²) in [4.78, 5) is 29.9. The Morgan fingerprint density at radius 2 is 1.51 bits per heavy atom. The molecule has 0 heterocycles. The molecule has 2 amide bonds. The number of sulfonamides is 1. The normalized spacial score (nSPS) is 12.0. The lowest BCUT2D eigenvalue weighted by molar-refractivity contribution is -0.140. The van der Waals surface area contributed by atoms with Crippen molar-refractivity contribution in [1.82, 2.24) is 10.2 Å². The van der Waals surface area contributed by atoms with Crippen LogP contribution in [0.1, 0.15) is 30.5 Å². The third kappa shape index (κ3) is 9.42. The Bertz CT molecular complexity index is 1700. The van der Waals surface area contributed by atoms with Crippen LogP contribution < -0.4 is 9.62 Å². The van der Waals surface area contributed by atoms with Gasteiger partial charge in [-0.05, 0) is 72.5 Å². The summed E-state index contributed by atoms with van der Waals surface area (Å²) in [7, 11) is -4.18. The van der Waals surface area contributed by atoms with Crippen molar-refractivity contribution in [3.8, 4) is 0 Å². The van der Waals surface area contributed by atoms with Crippen LogP contribution in [0.3, 0.4) is 0 Å². The molecule has 0 aliphatic carbocycles. The molecule has 0 saturated heterocycles. The lowest BCUT2D eigenvalue weighted by Crippen LogP contribution is -2.53. The molecular formula is C35H37BrClN3O4S. The topological polar surface area (TPSA) is 86.8 Å². The number of halogens is 2. The molecular weight excluding hydrogens is 674 g/mol. The highest BCUT2D eigenvalue weighted by molar-refractivity contribution is 9.10. The number of aryl methyl sites for hydroxylation is 1. The summed E-state index contributed by atoms with van der Waals surface area (Å²) in [5.41, 5.74) is 2.84. The summed E-state index contributed by atoms with van der Waals surface area (Å²) in [6.07, 6.45) is 0.246. The van der Waals surface area contributed by atoms with Gasteiger partial charge in [0.05, 0.1) is 10.6 Å². The van der Waals surface area contributed by atoms with Crippen LogP contribution in [-0.2, 0) is 32.6 Å². The molecule has 0 spiro atoms. The monoisotopic (exact) mass is 709 g/mol. The van der Waals surface area contributed by atoms with E-state index >= 15 is 0 Å². The predicted molar refractivity (Wildman–Crippen MR) is 184 cm³/mol. The maximum Gasteiger partial charge on any atom is 0.264 e. The summed E-state index contributed by atoms with van der Waals surface area (Å²) in [5, 5.41) is 3.43. The maximum atomic E-state index is 14.5. The molecule has 1 unspecified atom stereocenters. The molecule has 0 fully saturated rings. The van der Waals surface area contributed by atoms with Crippen molar-refractivity contribution in [2.24, 2.45) is 5.92 Å². The summed E-state index contributed by atoms with van der Waals surface area (Å²) in [6, 6.07) is 28.8. The van der Waals surface area contributed by atoms with Crippen molar-refractivity contribution < 1.29 is 18.0 Å². The van der Waals surface area contributed by atoms with E-state index in [-0.39, 0.29) is 35.4 Å². The number of carbonyl (C=O) groups is 2. The van der Waals surface area contributed by atoms with E-state index in [9.17, 15) is 18.0 Å². The highest BCUT2D eigenvalue weighted by Gasteiger charge is 2.34. The minimum absolute atomic E-state index is 0.0462. The van der Waals surface area contributed by atoms with Crippen LogP contribution in [0.5, 0.6) is 0 Å². The number of nitrogens with zero attached hydrogens (tertiary/aromatic N) is 2. The van der Waals surface area contributed by atoms with Gasteiger partial charge in [0.15, 0.2) is 0 Å². The zero-order chi connectivity index (χ0) is 32.6. The Labute approximate surface area is 279 Å². The average molecular weight is 711 g/mol. The fraction of sp³-hybridized carbons (Fsp3) is 0.257. The van der Waals surface area contributed by atoms with Crippen molar-refractivity contribution in [2.75, 3.05) is 17.4 Å². The van der Waals surface area contributed by atoms with Gasteiger partial charge >= 0.3 is 0 Å². The Balaban J connectivity index is 1.79. The number of anilines is 1. The van der Waals surface area contributed by atoms with Gasteiger partial charge in [-0.25, -0.2) is 8.42 Å². The molecule has 0 radical (unpaired) electrons. The van der Waals surface area contributed by atoms with E-state index in [1.807, 2.05) is 75.4 Å². The van der Waals surface area contributed by atoms with Gasteiger partial charge in [-0.15, -0.1) is 0 Å². The third-order valence-electron chi connectivity index (χ3n) is 7.20. The Morgan fingerprint density at radius 1 is 0.867 bits per heavy atom. The second-order valence-electron chi connectivity index (χ2n) is 11.3. The number of carbonyl (C=O) groups excluding carboxylic acids is 2. The Hall–Kier alpha value is -3.66. The van der Waals surface area contributed by atoms with Crippen molar-refractivity contribution >= 4 is 55.1 Å². The molecule has 236 valence electrons. The number of hydrogen-bond acceptors (Lipinski definition) is 4. The van der Waals surface area contributed by atoms with Crippen LogP contribution in [0.25, 0.3) is 0 Å². The first-order chi connectivity index (χ1) is 21.4. The maximum absolute atomic E-state index is 14.5. The molecule has 0 aliphatic heterocycles. The second kappa shape index (κ2) is 15.6. The molecule has 0 bridgehead atoms. The summed E-state index contributed by atoms with van der Waals surface area (Å²) in [5.74, 6) is -0.642. The van der Waals surface area contributed by atoms with Gasteiger partial charge in [0.1, 0.15) is 12.6 Å². The lowest BCUT2D eigenvalue weighted by atomic mass is 10.0. The number of rotatable bonds is 13. The molecule has 1 atom stereocenters. The molecule has 0 aromatic heterocycles. The lowest BCUT2D eigenvalue weighted by Gasteiger charge is -2.34. The van der Waals surface area contributed by atoms with Crippen molar-refractivity contribution in [3.63, 3.8) is 0 Å². The van der Waals surface area contributed by atoms with Crippen LogP contribution in [0, 0.1) is 12.8 Å². The first kappa shape index (κ1) is 34.2. The standard InChI is InChI=1S/C35H37BrClN3O4S/c1-25(2)22-38-35(42)33(21-27-8-5-4-6-9-27)39(23-28-10-7-11-29(36)20-28)34(41)24-40(31-16-14-30(37)15-17-31)45(43,44)32-18-12-26(3)13-19-32/h4-20,25,33H,21-24H2,1-3H3,(H,38,42). The first-order valence-corrected chi connectivity index (χ1v) is 17.3. The highest BCUT2D eigenvalue weighted by atomic mass is 79.9. The predicted octanol–water partition coefficient (Wildman–Crippen LogP) is 7.02. The van der Waals surface area contributed by atoms with Gasteiger partial charge in [0, 0.05) is 29.0 Å². The van der Waals surface area contributed by atoms with Gasteiger partial charge in [0.2, 0.25) is 11.8 Å². The van der Waals surface area contributed by atoms with E-state index in [4.69, 9.17) is 11.6 Å². The number of benzene rings is 4. The van der Waals surface area contributed by atoms with E-state index in [2.05, 4.69) is 21.2 Å². The van der Waals surface area contributed by atoms with Gasteiger partial charge in [0.25, 0.3) is 10.0 Å². The molecule has 0 aliphatic rings. The van der Waals surface area contributed by atoms with E-state index in [1.54, 1.807) is 36.4 Å². The van der Waals surface area contributed by atoms with Crippen LogP contribution in [0.15, 0.2) is 112 Å². The molecule has 0 saturated carbocycles. The van der Waals surface area contributed by atoms with Crippen LogP contribution in [0.4, 0.5) is 5.69 Å². The summed E-state index contributed by atoms with van der Waals surface area (Å²) < 4.78 is 30.1. The minimum atomic E-state index is -4.18. The summed E-state index contributed by atoms with van der Waals surface area (Å²) >= 11 is 9.64. The van der Waals surface area contributed by atoms with Gasteiger partial charge in [-0.1, -0.05) is 102 Å². The molecule has 4 rings (SSSR count). The fourth-order valence-electron chi connectivity index (χ4n) is 4.78. The SMILES string of the molecule is Cc1ccc(S(=O)(=O)N(CC(=O)N(Cc2cccc(Br)c2)C(Cc2ccccc2)C(=O)NCC(C)C)c2ccc(Cl)cc2)cc1. The molecule has 4 aromatic rings. The van der Waals surface area contributed by atoms with E-state index < -0.39 is 28.5 Å². The minimum Gasteiger partial charge on any atom is -0.354 e. The van der Waals surface area contributed by atoms with Crippen molar-refractivity contribution in [2.45, 2.75) is 44.7 Å². The zero-order valence-corrected chi connectivity index (χ0v) is 28.6. The number of hydrogen-bond donors (Lipinski definition) is 1. The Morgan fingerprint density at radius 3 is 2.13 bits per heavy atom. The van der Waals surface area contributed by atoms with E-state index in [1.165, 1.54) is 17.0 Å². The van der Waals surface area contributed by atoms with E-state index in [0.717, 1.165) is 25.5 Å². The summed E-state index contributed by atoms with van der Waals surface area (Å²) in [6.45, 7) is 5.85. The fourth-order valence-corrected chi connectivity index (χ4v) is 6.77.